The van der Waals surface area contributed by atoms with Crippen LogP contribution in [-0.4, -0.2) is 51.7 Å². The van der Waals surface area contributed by atoms with Crippen molar-refractivity contribution in [3.8, 4) is 0 Å². The molecule has 2 heterocycles. The monoisotopic (exact) mass is 306 g/mol. The van der Waals surface area contributed by atoms with E-state index in [2.05, 4.69) is 37.6 Å². The normalized spacial score (nSPS) is 21.6. The third-order valence-corrected chi connectivity index (χ3v) is 4.49. The lowest BCUT2D eigenvalue weighted by molar-refractivity contribution is 0.00820. The highest BCUT2D eigenvalue weighted by molar-refractivity contribution is 5.65. The van der Waals surface area contributed by atoms with Crippen LogP contribution >= 0.6 is 0 Å². The van der Waals surface area contributed by atoms with Gasteiger partial charge in [0.05, 0.1) is 6.04 Å². The lowest BCUT2D eigenvalue weighted by atomic mass is 9.84. The Hall–Kier alpha value is -1.82. The van der Waals surface area contributed by atoms with Crippen molar-refractivity contribution in [1.29, 1.82) is 0 Å². The van der Waals surface area contributed by atoms with Crippen LogP contribution in [0, 0.1) is 5.41 Å². The number of aromatic nitrogens is 1. The van der Waals surface area contributed by atoms with Crippen molar-refractivity contribution in [3.05, 3.63) is 23.9 Å². The molecule has 0 spiro atoms. The number of rotatable bonds is 2. The highest BCUT2D eigenvalue weighted by atomic mass is 16.4. The van der Waals surface area contributed by atoms with Gasteiger partial charge in [-0.1, -0.05) is 20.8 Å². The van der Waals surface area contributed by atoms with Gasteiger partial charge in [-0.05, 0) is 30.0 Å². The minimum Gasteiger partial charge on any atom is -0.465 e. The topological polar surface area (TPSA) is 82.7 Å². The third-order valence-electron chi connectivity index (χ3n) is 4.49. The molecule has 1 aromatic heterocycles. The molecule has 2 atom stereocenters. The van der Waals surface area contributed by atoms with Crippen molar-refractivity contribution in [3.63, 3.8) is 0 Å². The van der Waals surface area contributed by atoms with Gasteiger partial charge in [-0.3, -0.25) is 4.90 Å². The maximum Gasteiger partial charge on any atom is 0.407 e. The Morgan fingerprint density at radius 1 is 1.45 bits per heavy atom. The summed E-state index contributed by atoms with van der Waals surface area (Å²) in [6.45, 7) is 10.4. The second-order valence-corrected chi connectivity index (χ2v) is 7.04. The Morgan fingerprint density at radius 3 is 2.68 bits per heavy atom. The Labute approximate surface area is 131 Å². The van der Waals surface area contributed by atoms with Gasteiger partial charge in [-0.25, -0.2) is 9.78 Å². The second-order valence-electron chi connectivity index (χ2n) is 7.04. The van der Waals surface area contributed by atoms with Crippen LogP contribution in [0.3, 0.4) is 0 Å². The number of carboxylic acid groups (broad SMARTS) is 1. The Morgan fingerprint density at radius 2 is 2.14 bits per heavy atom. The van der Waals surface area contributed by atoms with E-state index in [0.717, 1.165) is 18.7 Å². The first-order chi connectivity index (χ1) is 10.2. The van der Waals surface area contributed by atoms with E-state index in [1.54, 1.807) is 11.1 Å². The number of nitrogens with two attached hydrogens (primary N) is 1. The fourth-order valence-corrected chi connectivity index (χ4v) is 3.06. The maximum absolute atomic E-state index is 11.5. The van der Waals surface area contributed by atoms with Gasteiger partial charge >= 0.3 is 6.09 Å². The molecule has 3 N–H and O–H groups in total. The first-order valence-electron chi connectivity index (χ1n) is 7.65. The molecular formula is C16H26N4O2. The van der Waals surface area contributed by atoms with Gasteiger partial charge in [0.25, 0.3) is 0 Å². The largest absolute Gasteiger partial charge is 0.465 e. The standard InChI is InChI=1S/C16H26N4O2/c1-11(12-5-6-18-14(17)9-12)19-7-8-20(15(21)22)13(10-19)16(2,3)4/h5-6,9,11,13H,7-8,10H2,1-4H3,(H2,17,18)(H,21,22). The van der Waals surface area contributed by atoms with Crippen molar-refractivity contribution >= 4 is 11.9 Å². The summed E-state index contributed by atoms with van der Waals surface area (Å²) in [5.41, 5.74) is 6.78. The van der Waals surface area contributed by atoms with Crippen LogP contribution in [0.15, 0.2) is 18.3 Å². The van der Waals surface area contributed by atoms with Crippen LogP contribution in [-0.2, 0) is 0 Å². The van der Waals surface area contributed by atoms with Crippen LogP contribution in [0.5, 0.6) is 0 Å². The summed E-state index contributed by atoms with van der Waals surface area (Å²) in [4.78, 5) is 19.4. The average molecular weight is 306 g/mol. The van der Waals surface area contributed by atoms with Gasteiger partial charge in [0.2, 0.25) is 0 Å². The summed E-state index contributed by atoms with van der Waals surface area (Å²) in [5.74, 6) is 0.515. The van der Waals surface area contributed by atoms with Crippen LogP contribution in [0.2, 0.25) is 0 Å². The van der Waals surface area contributed by atoms with Crippen LogP contribution < -0.4 is 5.73 Å². The van der Waals surface area contributed by atoms with Crippen molar-refractivity contribution < 1.29 is 9.90 Å². The van der Waals surface area contributed by atoms with E-state index in [-0.39, 0.29) is 17.5 Å². The Kier molecular flexibility index (Phi) is 4.60. The van der Waals surface area contributed by atoms with E-state index in [1.807, 2.05) is 12.1 Å². The fourth-order valence-electron chi connectivity index (χ4n) is 3.06. The molecule has 0 bridgehead atoms. The number of hydrogen-bond donors (Lipinski definition) is 2. The quantitative estimate of drug-likeness (QED) is 0.877. The molecule has 1 aliphatic rings. The molecule has 22 heavy (non-hydrogen) atoms. The molecule has 1 amide bonds. The summed E-state index contributed by atoms with van der Waals surface area (Å²) in [6.07, 6.45) is 0.885. The molecule has 2 unspecified atom stereocenters. The predicted molar refractivity (Wildman–Crippen MR) is 86.6 cm³/mol. The van der Waals surface area contributed by atoms with Gasteiger partial charge in [-0.2, -0.15) is 0 Å². The molecular weight excluding hydrogens is 280 g/mol. The van der Waals surface area contributed by atoms with E-state index in [9.17, 15) is 9.90 Å². The lowest BCUT2D eigenvalue weighted by Crippen LogP contribution is -2.59. The van der Waals surface area contributed by atoms with Gasteiger partial charge in [0.15, 0.2) is 0 Å². The number of nitrogen functional groups attached to an aromatic ring is 1. The highest BCUT2D eigenvalue weighted by Gasteiger charge is 2.39. The first-order valence-corrected chi connectivity index (χ1v) is 7.65. The molecule has 0 radical (unpaired) electrons. The number of anilines is 1. The van der Waals surface area contributed by atoms with Gasteiger partial charge in [0.1, 0.15) is 5.82 Å². The van der Waals surface area contributed by atoms with Gasteiger partial charge in [-0.15, -0.1) is 0 Å². The van der Waals surface area contributed by atoms with Crippen molar-refractivity contribution in [2.45, 2.75) is 39.8 Å². The smallest absolute Gasteiger partial charge is 0.407 e. The average Bonchev–Trinajstić information content (AvgIpc) is 2.45. The molecule has 1 aliphatic heterocycles. The van der Waals surface area contributed by atoms with Gasteiger partial charge < -0.3 is 15.7 Å². The Bertz CT molecular complexity index is 541. The van der Waals surface area contributed by atoms with Crippen LogP contribution in [0.4, 0.5) is 10.6 Å². The molecule has 1 fully saturated rings. The SMILES string of the molecule is CC(c1ccnc(N)c1)N1CCN(C(=O)O)C(C(C)(C)C)C1. The molecule has 0 aliphatic carbocycles. The van der Waals surface area contributed by atoms with E-state index in [4.69, 9.17) is 5.73 Å². The van der Waals surface area contributed by atoms with Crippen LogP contribution in [0.25, 0.3) is 0 Å². The summed E-state index contributed by atoms with van der Waals surface area (Å²) in [7, 11) is 0. The molecule has 0 aromatic carbocycles. The summed E-state index contributed by atoms with van der Waals surface area (Å²) >= 11 is 0. The molecule has 1 aromatic rings. The Balaban J connectivity index is 2.19. The summed E-state index contributed by atoms with van der Waals surface area (Å²) in [6, 6.07) is 4.02. The van der Waals surface area contributed by atoms with Crippen molar-refractivity contribution in [2.24, 2.45) is 5.41 Å². The number of piperazine rings is 1. The molecule has 6 nitrogen and oxygen atoms in total. The summed E-state index contributed by atoms with van der Waals surface area (Å²) < 4.78 is 0. The molecule has 2 rings (SSSR count). The second kappa shape index (κ2) is 6.12. The van der Waals surface area contributed by atoms with E-state index < -0.39 is 6.09 Å². The maximum atomic E-state index is 11.5. The number of nitrogens with zero attached hydrogens (tertiary/aromatic N) is 3. The van der Waals surface area contributed by atoms with Crippen molar-refractivity contribution in [2.75, 3.05) is 25.4 Å². The molecule has 122 valence electrons. The minimum absolute atomic E-state index is 0.0274. The number of carbonyl (C=O) groups is 1. The van der Waals surface area contributed by atoms with E-state index in [0.29, 0.717) is 12.4 Å². The van der Waals surface area contributed by atoms with E-state index in [1.165, 1.54) is 0 Å². The first kappa shape index (κ1) is 16.5. The zero-order valence-corrected chi connectivity index (χ0v) is 13.8. The van der Waals surface area contributed by atoms with E-state index >= 15 is 0 Å². The van der Waals surface area contributed by atoms with Gasteiger partial charge in [0, 0.05) is 31.9 Å². The number of hydrogen-bond acceptors (Lipinski definition) is 4. The molecule has 1 saturated heterocycles. The highest BCUT2D eigenvalue weighted by Crippen LogP contribution is 2.31. The molecule has 0 saturated carbocycles. The lowest BCUT2D eigenvalue weighted by Gasteiger charge is -2.47. The number of pyridine rings is 1. The van der Waals surface area contributed by atoms with Crippen molar-refractivity contribution in [1.82, 2.24) is 14.8 Å². The third kappa shape index (κ3) is 3.50. The number of amides is 1. The fraction of sp³-hybridized carbons (Fsp3) is 0.625. The zero-order chi connectivity index (χ0) is 16.5. The predicted octanol–water partition coefficient (Wildman–Crippen LogP) is 2.44. The van der Waals surface area contributed by atoms with Crippen LogP contribution in [0.1, 0.15) is 39.3 Å². The zero-order valence-electron chi connectivity index (χ0n) is 13.8. The summed E-state index contributed by atoms with van der Waals surface area (Å²) in [5, 5.41) is 9.43. The molecule has 6 heteroatoms. The minimum atomic E-state index is -0.833.